The van der Waals surface area contributed by atoms with Gasteiger partial charge in [0.2, 0.25) is 0 Å². The maximum absolute atomic E-state index is 6.17. The van der Waals surface area contributed by atoms with Gasteiger partial charge < -0.3 is 0 Å². The van der Waals surface area contributed by atoms with Crippen molar-refractivity contribution in [3.05, 3.63) is 11.1 Å². The van der Waals surface area contributed by atoms with E-state index in [0.29, 0.717) is 0 Å². The van der Waals surface area contributed by atoms with E-state index in [2.05, 4.69) is 27.7 Å². The zero-order valence-electron chi connectivity index (χ0n) is 8.08. The van der Waals surface area contributed by atoms with Crippen LogP contribution in [0.4, 0.5) is 0 Å². The van der Waals surface area contributed by atoms with Crippen molar-refractivity contribution < 1.29 is 13.4 Å². The zero-order chi connectivity index (χ0) is 10.4. The quantitative estimate of drug-likeness (QED) is 0.481. The van der Waals surface area contributed by atoms with Crippen molar-refractivity contribution in [2.45, 2.75) is 31.2 Å². The van der Waals surface area contributed by atoms with Crippen LogP contribution < -0.4 is 0 Å². The van der Waals surface area contributed by atoms with Crippen LogP contribution in [-0.4, -0.2) is 8.75 Å². The molecule has 74 valence electrons. The first-order valence-corrected chi connectivity index (χ1v) is 12.1. The summed E-state index contributed by atoms with van der Waals surface area (Å²) in [5.41, 5.74) is 2.59. The van der Waals surface area contributed by atoms with E-state index in [1.807, 2.05) is 0 Å². The van der Waals surface area contributed by atoms with E-state index < -0.39 is 13.4 Å². The Hall–Kier alpha value is 1.49. The molecule has 0 spiro atoms. The molecular weight excluding hydrogens is 281 g/mol. The molecule has 0 fully saturated rings. The summed E-state index contributed by atoms with van der Waals surface area (Å²) in [7, 11) is 19.7. The van der Waals surface area contributed by atoms with Gasteiger partial charge in [-0.25, -0.2) is 0 Å². The van der Waals surface area contributed by atoms with E-state index >= 15 is 0 Å². The Morgan fingerprint density at radius 3 is 1.77 bits per heavy atom. The number of rotatable bonds is 1. The van der Waals surface area contributed by atoms with Gasteiger partial charge in [0.1, 0.15) is 0 Å². The van der Waals surface area contributed by atoms with Gasteiger partial charge in [0.05, 0.1) is 0 Å². The van der Waals surface area contributed by atoms with Crippen LogP contribution in [0.5, 0.6) is 0 Å². The standard InChI is InChI=1S/C8H12P.3ClH.Ti/c1-5-6(2)8(4)9-7(5)3;;;;/h1-4H3;3*1H;/q;;;;+3/p-3. The average molecular weight is 293 g/mol. The van der Waals surface area contributed by atoms with Crippen LogP contribution in [-0.2, 0) is 13.4 Å². The second-order valence-corrected chi connectivity index (χ2v) is 18.5. The number of hydrogen-bond acceptors (Lipinski definition) is 0. The fraction of sp³-hybridized carbons (Fsp3) is 0.625. The Kier molecular flexibility index (Phi) is 3.69. The molecule has 1 aliphatic heterocycles. The molecule has 1 unspecified atom stereocenters. The molecule has 1 atom stereocenters. The van der Waals surface area contributed by atoms with E-state index in [4.69, 9.17) is 27.9 Å². The molecule has 0 N–H and O–H groups in total. The van der Waals surface area contributed by atoms with Crippen LogP contribution in [0.3, 0.4) is 0 Å². The molecule has 13 heavy (non-hydrogen) atoms. The third kappa shape index (κ3) is 2.05. The predicted octanol–water partition coefficient (Wildman–Crippen LogP) is 4.81. The Morgan fingerprint density at radius 1 is 1.15 bits per heavy atom. The third-order valence-electron chi connectivity index (χ3n) is 2.78. The average Bonchev–Trinajstić information content (AvgIpc) is 2.15. The monoisotopic (exact) mass is 292 g/mol. The first-order chi connectivity index (χ1) is 5.70. The summed E-state index contributed by atoms with van der Waals surface area (Å²) < 4.78 is -0.168. The Morgan fingerprint density at radius 2 is 1.62 bits per heavy atom. The van der Waals surface area contributed by atoms with Crippen molar-refractivity contribution in [1.82, 2.24) is 0 Å². The maximum atomic E-state index is 6.17. The topological polar surface area (TPSA) is 0 Å². The Balaban J connectivity index is 3.25. The molecule has 1 heterocycles. The van der Waals surface area contributed by atoms with Gasteiger partial charge in [-0.3, -0.25) is 0 Å². The second kappa shape index (κ2) is 3.82. The molecule has 0 amide bonds. The van der Waals surface area contributed by atoms with E-state index in [-0.39, 0.29) is 3.46 Å². The summed E-state index contributed by atoms with van der Waals surface area (Å²) in [5.74, 6) is 0. The summed E-state index contributed by atoms with van der Waals surface area (Å²) >= 11 is -3.18. The summed E-state index contributed by atoms with van der Waals surface area (Å²) in [6.45, 7) is 8.40. The predicted molar refractivity (Wildman–Crippen MR) is 61.9 cm³/mol. The van der Waals surface area contributed by atoms with Crippen molar-refractivity contribution in [1.29, 1.82) is 0 Å². The third-order valence-corrected chi connectivity index (χ3v) is 14.8. The molecule has 0 nitrogen and oxygen atoms in total. The summed E-state index contributed by atoms with van der Waals surface area (Å²) in [6.07, 6.45) is 0. The normalized spacial score (nSPS) is 30.8. The SMILES string of the molecule is CC1=P[C](C)([Ti]([Cl])([Cl])[Cl])C(C)=C1C. The molecule has 1 rings (SSSR count). The molecule has 0 aromatic heterocycles. The van der Waals surface area contributed by atoms with Crippen LogP contribution in [0.1, 0.15) is 27.7 Å². The van der Waals surface area contributed by atoms with Gasteiger partial charge in [0, 0.05) is 0 Å². The summed E-state index contributed by atoms with van der Waals surface area (Å²) in [6, 6.07) is 0. The van der Waals surface area contributed by atoms with Crippen LogP contribution >= 0.6 is 36.1 Å². The van der Waals surface area contributed by atoms with Crippen molar-refractivity contribution in [2.75, 3.05) is 0 Å². The number of hydrogen-bond donors (Lipinski definition) is 0. The van der Waals surface area contributed by atoms with Gasteiger partial charge in [-0.2, -0.15) is 0 Å². The van der Waals surface area contributed by atoms with Crippen LogP contribution in [0, 0.1) is 0 Å². The van der Waals surface area contributed by atoms with Crippen molar-refractivity contribution >= 4 is 41.4 Å². The van der Waals surface area contributed by atoms with Gasteiger partial charge in [0.25, 0.3) is 0 Å². The molecular formula is C8H12Cl3PTi. The van der Waals surface area contributed by atoms with Crippen LogP contribution in [0.2, 0.25) is 0 Å². The Labute approximate surface area is 96.4 Å². The van der Waals surface area contributed by atoms with Crippen molar-refractivity contribution in [3.8, 4) is 0 Å². The molecule has 0 saturated carbocycles. The number of allylic oxidation sites excluding steroid dienone is 2. The molecule has 0 bridgehead atoms. The fourth-order valence-electron chi connectivity index (χ4n) is 1.42. The number of halogens is 3. The minimum absolute atomic E-state index is 0.168. The summed E-state index contributed by atoms with van der Waals surface area (Å²) in [5, 5.41) is 1.34. The van der Waals surface area contributed by atoms with Gasteiger partial charge in [-0.1, -0.05) is 0 Å². The second-order valence-electron chi connectivity index (χ2n) is 3.52. The molecule has 0 aromatic rings. The van der Waals surface area contributed by atoms with Gasteiger partial charge in [-0.15, -0.1) is 0 Å². The summed E-state index contributed by atoms with van der Waals surface area (Å²) in [4.78, 5) is 0. The first kappa shape index (κ1) is 12.6. The molecule has 0 aromatic carbocycles. The van der Waals surface area contributed by atoms with E-state index in [9.17, 15) is 0 Å². The van der Waals surface area contributed by atoms with Crippen molar-refractivity contribution in [3.63, 3.8) is 0 Å². The molecule has 0 saturated heterocycles. The fourth-order valence-corrected chi connectivity index (χ4v) is 8.54. The first-order valence-electron chi connectivity index (χ1n) is 4.01. The van der Waals surface area contributed by atoms with Crippen molar-refractivity contribution in [2.24, 2.45) is 0 Å². The zero-order valence-corrected chi connectivity index (χ0v) is 12.8. The van der Waals surface area contributed by atoms with Crippen LogP contribution in [0.25, 0.3) is 0 Å². The molecule has 1 aliphatic rings. The van der Waals surface area contributed by atoms with Gasteiger partial charge in [0.15, 0.2) is 0 Å². The van der Waals surface area contributed by atoms with Gasteiger partial charge >= 0.3 is 97.1 Å². The van der Waals surface area contributed by atoms with E-state index in [1.165, 1.54) is 24.6 Å². The Bertz CT molecular complexity index is 303. The van der Waals surface area contributed by atoms with Gasteiger partial charge in [-0.05, 0) is 0 Å². The minimum atomic E-state index is -3.18. The molecule has 0 radical (unpaired) electrons. The van der Waals surface area contributed by atoms with Crippen LogP contribution in [0.15, 0.2) is 11.1 Å². The van der Waals surface area contributed by atoms with E-state index in [1.54, 1.807) is 0 Å². The molecule has 0 aliphatic carbocycles. The molecule has 5 heteroatoms. The van der Waals surface area contributed by atoms with E-state index in [0.717, 1.165) is 0 Å².